The van der Waals surface area contributed by atoms with Crippen LogP contribution in [0.2, 0.25) is 0 Å². The lowest BCUT2D eigenvalue weighted by atomic mass is 9.89. The number of fused-ring (bicyclic) bond motifs is 1. The first kappa shape index (κ1) is 14.2. The standard InChI is InChI=1S/C13H19N5O2S/c1-21(19,20)11-4-2-10(3-5-11)8-14-12-6-7-13-16-15-9-18(13)17-12/h6-7,9-11H,2-5,8H2,1H3,(H,14,17). The monoisotopic (exact) mass is 309 g/mol. The third-order valence-electron chi connectivity index (χ3n) is 4.13. The van der Waals surface area contributed by atoms with Gasteiger partial charge in [0.25, 0.3) is 0 Å². The van der Waals surface area contributed by atoms with E-state index in [1.165, 1.54) is 6.26 Å². The lowest BCUT2D eigenvalue weighted by molar-refractivity contribution is 0.372. The highest BCUT2D eigenvalue weighted by atomic mass is 32.2. The van der Waals surface area contributed by atoms with E-state index in [4.69, 9.17) is 0 Å². The van der Waals surface area contributed by atoms with Gasteiger partial charge in [-0.25, -0.2) is 8.42 Å². The van der Waals surface area contributed by atoms with Crippen LogP contribution in [-0.2, 0) is 9.84 Å². The van der Waals surface area contributed by atoms with Gasteiger partial charge < -0.3 is 5.32 Å². The molecule has 1 N–H and O–H groups in total. The molecule has 0 atom stereocenters. The number of hydrogen-bond acceptors (Lipinski definition) is 6. The average molecular weight is 309 g/mol. The van der Waals surface area contributed by atoms with E-state index in [9.17, 15) is 8.42 Å². The Morgan fingerprint density at radius 3 is 2.76 bits per heavy atom. The van der Waals surface area contributed by atoms with Crippen molar-refractivity contribution in [2.75, 3.05) is 18.1 Å². The fraction of sp³-hybridized carbons (Fsp3) is 0.615. The van der Waals surface area contributed by atoms with Crippen molar-refractivity contribution in [1.29, 1.82) is 0 Å². The van der Waals surface area contributed by atoms with Gasteiger partial charge in [0, 0.05) is 12.8 Å². The van der Waals surface area contributed by atoms with Gasteiger partial charge >= 0.3 is 0 Å². The second kappa shape index (κ2) is 5.59. The summed E-state index contributed by atoms with van der Waals surface area (Å²) in [6.07, 6.45) is 6.33. The zero-order chi connectivity index (χ0) is 14.9. The van der Waals surface area contributed by atoms with Crippen LogP contribution >= 0.6 is 0 Å². The zero-order valence-corrected chi connectivity index (χ0v) is 12.8. The molecule has 0 unspecified atom stereocenters. The topological polar surface area (TPSA) is 89.2 Å². The molecular formula is C13H19N5O2S. The smallest absolute Gasteiger partial charge is 0.177 e. The molecule has 8 heteroatoms. The lowest BCUT2D eigenvalue weighted by Gasteiger charge is -2.27. The minimum atomic E-state index is -2.88. The Morgan fingerprint density at radius 1 is 1.29 bits per heavy atom. The molecule has 1 saturated carbocycles. The van der Waals surface area contributed by atoms with Gasteiger partial charge in [0.2, 0.25) is 0 Å². The Bertz CT molecular complexity index is 719. The van der Waals surface area contributed by atoms with Gasteiger partial charge in [-0.05, 0) is 43.7 Å². The van der Waals surface area contributed by atoms with E-state index in [0.717, 1.165) is 38.0 Å². The predicted octanol–water partition coefficient (Wildman–Crippen LogP) is 1.14. The molecule has 2 aromatic rings. The summed E-state index contributed by atoms with van der Waals surface area (Å²) in [5.74, 6) is 1.29. The fourth-order valence-electron chi connectivity index (χ4n) is 2.84. The van der Waals surface area contributed by atoms with E-state index >= 15 is 0 Å². The van der Waals surface area contributed by atoms with Crippen molar-refractivity contribution < 1.29 is 8.42 Å². The Morgan fingerprint density at radius 2 is 2.05 bits per heavy atom. The molecule has 0 radical (unpaired) electrons. The van der Waals surface area contributed by atoms with Crippen molar-refractivity contribution in [3.63, 3.8) is 0 Å². The number of nitrogens with one attached hydrogen (secondary N) is 1. The molecule has 0 amide bonds. The number of sulfone groups is 1. The van der Waals surface area contributed by atoms with Crippen LogP contribution in [0.3, 0.4) is 0 Å². The maximum absolute atomic E-state index is 11.5. The highest BCUT2D eigenvalue weighted by molar-refractivity contribution is 7.91. The minimum absolute atomic E-state index is 0.153. The normalized spacial score (nSPS) is 23.3. The van der Waals surface area contributed by atoms with Crippen LogP contribution in [0.1, 0.15) is 25.7 Å². The number of aromatic nitrogens is 4. The van der Waals surface area contributed by atoms with Crippen molar-refractivity contribution in [2.45, 2.75) is 30.9 Å². The molecule has 7 nitrogen and oxygen atoms in total. The second-order valence-corrected chi connectivity index (χ2v) is 8.03. The molecule has 21 heavy (non-hydrogen) atoms. The van der Waals surface area contributed by atoms with Crippen molar-refractivity contribution >= 4 is 21.3 Å². The zero-order valence-electron chi connectivity index (χ0n) is 11.9. The van der Waals surface area contributed by atoms with Gasteiger partial charge in [-0.1, -0.05) is 0 Å². The van der Waals surface area contributed by atoms with E-state index in [-0.39, 0.29) is 5.25 Å². The predicted molar refractivity (Wildman–Crippen MR) is 79.9 cm³/mol. The van der Waals surface area contributed by atoms with Crippen LogP contribution < -0.4 is 5.32 Å². The Labute approximate surface area is 123 Å². The molecule has 0 saturated heterocycles. The summed E-state index contributed by atoms with van der Waals surface area (Å²) in [7, 11) is -2.88. The summed E-state index contributed by atoms with van der Waals surface area (Å²) in [5, 5.41) is 15.2. The molecule has 1 aliphatic carbocycles. The van der Waals surface area contributed by atoms with Crippen molar-refractivity contribution in [1.82, 2.24) is 19.8 Å². The van der Waals surface area contributed by atoms with E-state index in [1.54, 1.807) is 10.8 Å². The van der Waals surface area contributed by atoms with E-state index < -0.39 is 9.84 Å². The highest BCUT2D eigenvalue weighted by Gasteiger charge is 2.27. The van der Waals surface area contributed by atoms with Crippen LogP contribution in [0.25, 0.3) is 5.65 Å². The number of hydrogen-bond donors (Lipinski definition) is 1. The first-order valence-electron chi connectivity index (χ1n) is 7.12. The third-order valence-corrected chi connectivity index (χ3v) is 5.82. The first-order chi connectivity index (χ1) is 10.0. The highest BCUT2D eigenvalue weighted by Crippen LogP contribution is 2.28. The summed E-state index contributed by atoms with van der Waals surface area (Å²) in [6.45, 7) is 0.817. The number of anilines is 1. The van der Waals surface area contributed by atoms with Gasteiger partial charge in [0.05, 0.1) is 5.25 Å². The van der Waals surface area contributed by atoms with E-state index in [0.29, 0.717) is 11.6 Å². The average Bonchev–Trinajstić information content (AvgIpc) is 2.92. The molecule has 3 rings (SSSR count). The maximum atomic E-state index is 11.5. The molecule has 0 aliphatic heterocycles. The molecule has 114 valence electrons. The second-order valence-electron chi connectivity index (χ2n) is 5.71. The Balaban J connectivity index is 1.54. The Kier molecular flexibility index (Phi) is 3.79. The molecular weight excluding hydrogens is 290 g/mol. The van der Waals surface area contributed by atoms with E-state index in [2.05, 4.69) is 20.6 Å². The van der Waals surface area contributed by atoms with Crippen molar-refractivity contribution in [3.05, 3.63) is 18.5 Å². The van der Waals surface area contributed by atoms with Crippen molar-refractivity contribution in [3.8, 4) is 0 Å². The minimum Gasteiger partial charge on any atom is -0.368 e. The van der Waals surface area contributed by atoms with Crippen molar-refractivity contribution in [2.24, 2.45) is 5.92 Å². The number of nitrogens with zero attached hydrogens (tertiary/aromatic N) is 4. The quantitative estimate of drug-likeness (QED) is 0.911. The van der Waals surface area contributed by atoms with E-state index in [1.807, 2.05) is 12.1 Å². The first-order valence-corrected chi connectivity index (χ1v) is 9.07. The fourth-order valence-corrected chi connectivity index (χ4v) is 3.96. The number of rotatable bonds is 4. The van der Waals surface area contributed by atoms with Crippen LogP contribution in [-0.4, -0.2) is 46.3 Å². The molecule has 2 heterocycles. The molecule has 0 spiro atoms. The summed E-state index contributed by atoms with van der Waals surface area (Å²) in [6, 6.07) is 3.75. The van der Waals surface area contributed by atoms with Crippen LogP contribution in [0.4, 0.5) is 5.82 Å². The SMILES string of the molecule is CS(=O)(=O)C1CCC(CNc2ccc3nncn3n2)CC1. The molecule has 0 bridgehead atoms. The van der Waals surface area contributed by atoms with Gasteiger partial charge in [-0.3, -0.25) is 0 Å². The summed E-state index contributed by atoms with van der Waals surface area (Å²) in [5.41, 5.74) is 0.717. The van der Waals surface area contributed by atoms with Gasteiger partial charge in [0.15, 0.2) is 5.65 Å². The van der Waals surface area contributed by atoms with Gasteiger partial charge in [0.1, 0.15) is 22.0 Å². The van der Waals surface area contributed by atoms with Crippen LogP contribution in [0, 0.1) is 5.92 Å². The summed E-state index contributed by atoms with van der Waals surface area (Å²) < 4.78 is 24.7. The largest absolute Gasteiger partial charge is 0.368 e. The molecule has 1 fully saturated rings. The molecule has 2 aromatic heterocycles. The van der Waals surface area contributed by atoms with Gasteiger partial charge in [-0.2, -0.15) is 4.52 Å². The maximum Gasteiger partial charge on any atom is 0.177 e. The van der Waals surface area contributed by atoms with Crippen LogP contribution in [0.15, 0.2) is 18.5 Å². The molecule has 1 aliphatic rings. The van der Waals surface area contributed by atoms with Gasteiger partial charge in [-0.15, -0.1) is 15.3 Å². The van der Waals surface area contributed by atoms with Crippen LogP contribution in [0.5, 0.6) is 0 Å². The summed E-state index contributed by atoms with van der Waals surface area (Å²) in [4.78, 5) is 0. The third kappa shape index (κ3) is 3.31. The summed E-state index contributed by atoms with van der Waals surface area (Å²) >= 11 is 0. The molecule has 0 aromatic carbocycles. The lowest BCUT2D eigenvalue weighted by Crippen LogP contribution is -2.29. The Hall–Kier alpha value is -1.70.